The fraction of sp³-hybridized carbons (Fsp3) is 0.391. The number of anilines is 1. The van der Waals surface area contributed by atoms with E-state index in [0.717, 1.165) is 37.8 Å². The predicted molar refractivity (Wildman–Crippen MR) is 108 cm³/mol. The Bertz CT molecular complexity index is 831. The summed E-state index contributed by atoms with van der Waals surface area (Å²) >= 11 is 0. The lowest BCUT2D eigenvalue weighted by atomic mass is 9.85. The highest BCUT2D eigenvalue weighted by Gasteiger charge is 2.42. The molecule has 0 bridgehead atoms. The molecule has 2 fully saturated rings. The van der Waals surface area contributed by atoms with Gasteiger partial charge in [-0.1, -0.05) is 18.2 Å². The number of nitrogens with zero attached hydrogens (tertiary/aromatic N) is 2. The van der Waals surface area contributed by atoms with Crippen molar-refractivity contribution >= 4 is 18.2 Å². The van der Waals surface area contributed by atoms with E-state index in [1.807, 2.05) is 18.2 Å². The van der Waals surface area contributed by atoms with Gasteiger partial charge in [-0.25, -0.2) is 9.18 Å². The van der Waals surface area contributed by atoms with Crippen LogP contribution in [0, 0.1) is 17.7 Å². The highest BCUT2D eigenvalue weighted by atomic mass is 19.1. The largest absolute Gasteiger partial charge is 0.415 e. The zero-order valence-electron chi connectivity index (χ0n) is 16.2. The summed E-state index contributed by atoms with van der Waals surface area (Å²) < 4.78 is 18.7. The molecule has 0 radical (unpaired) electrons. The van der Waals surface area contributed by atoms with Crippen LogP contribution in [0.25, 0.3) is 0 Å². The van der Waals surface area contributed by atoms with Gasteiger partial charge < -0.3 is 14.5 Å². The number of amides is 2. The average molecular weight is 396 g/mol. The van der Waals surface area contributed by atoms with E-state index in [-0.39, 0.29) is 18.0 Å². The summed E-state index contributed by atoms with van der Waals surface area (Å²) in [5.41, 5.74) is 0.726. The molecule has 29 heavy (non-hydrogen) atoms. The van der Waals surface area contributed by atoms with Gasteiger partial charge in [0.1, 0.15) is 11.6 Å². The number of hydrogen-bond donors (Lipinski definition) is 0. The summed E-state index contributed by atoms with van der Waals surface area (Å²) in [7, 11) is 0. The van der Waals surface area contributed by atoms with Crippen molar-refractivity contribution in [3.63, 3.8) is 0 Å². The molecule has 0 N–H and O–H groups in total. The normalized spacial score (nSPS) is 18.2. The Kier molecular flexibility index (Phi) is 5.79. The number of rotatable bonds is 6. The van der Waals surface area contributed by atoms with Crippen molar-refractivity contribution in [1.82, 2.24) is 4.90 Å². The number of benzene rings is 2. The SMILES string of the molecule is O=CN(c1ccc(F)cc1)C(C1CC1)C1CCN(C(=O)Oc2ccccc2)CC1. The van der Waals surface area contributed by atoms with Crippen LogP contribution in [-0.2, 0) is 4.79 Å². The minimum atomic E-state index is -0.330. The summed E-state index contributed by atoms with van der Waals surface area (Å²) in [6.45, 7) is 1.21. The molecule has 1 unspecified atom stereocenters. The van der Waals surface area contributed by atoms with Gasteiger partial charge in [0.25, 0.3) is 0 Å². The van der Waals surface area contributed by atoms with Crippen LogP contribution in [0.15, 0.2) is 54.6 Å². The number of likely N-dealkylation sites (tertiary alicyclic amines) is 1. The predicted octanol–water partition coefficient (Wildman–Crippen LogP) is 4.48. The van der Waals surface area contributed by atoms with E-state index in [9.17, 15) is 14.0 Å². The summed E-state index contributed by atoms with van der Waals surface area (Å²) in [5.74, 6) is 1.00. The molecule has 1 saturated heterocycles. The van der Waals surface area contributed by atoms with Gasteiger partial charge in [0.05, 0.1) is 0 Å². The number of para-hydroxylation sites is 1. The lowest BCUT2D eigenvalue weighted by molar-refractivity contribution is -0.108. The third kappa shape index (κ3) is 4.58. The molecule has 1 saturated carbocycles. The maximum absolute atomic E-state index is 13.3. The van der Waals surface area contributed by atoms with Gasteiger partial charge in [0, 0.05) is 24.8 Å². The van der Waals surface area contributed by atoms with Gasteiger partial charge in [-0.05, 0) is 73.9 Å². The van der Waals surface area contributed by atoms with Gasteiger partial charge in [0.15, 0.2) is 0 Å². The summed E-state index contributed by atoms with van der Waals surface area (Å²) in [5, 5.41) is 0. The standard InChI is InChI=1S/C23H25FN2O3/c24-19-8-10-20(11-9-19)26(16-27)22(17-6-7-17)18-12-14-25(15-13-18)23(28)29-21-4-2-1-3-5-21/h1-5,8-11,16-18,22H,6-7,12-15H2. The van der Waals surface area contributed by atoms with Gasteiger partial charge in [-0.15, -0.1) is 0 Å². The molecule has 0 aromatic heterocycles. The first kappa shape index (κ1) is 19.4. The second kappa shape index (κ2) is 8.64. The van der Waals surface area contributed by atoms with Gasteiger partial charge in [-0.3, -0.25) is 4.79 Å². The molecule has 4 rings (SSSR count). The third-order valence-corrected chi connectivity index (χ3v) is 5.89. The van der Waals surface area contributed by atoms with E-state index < -0.39 is 0 Å². The van der Waals surface area contributed by atoms with Crippen LogP contribution in [0.5, 0.6) is 5.75 Å². The number of carbonyl (C=O) groups is 2. The van der Waals surface area contributed by atoms with Crippen LogP contribution in [0.4, 0.5) is 14.9 Å². The molecule has 152 valence electrons. The van der Waals surface area contributed by atoms with Crippen LogP contribution in [0.2, 0.25) is 0 Å². The molecule has 2 aromatic carbocycles. The van der Waals surface area contributed by atoms with E-state index >= 15 is 0 Å². The second-order valence-electron chi connectivity index (χ2n) is 7.82. The molecule has 6 heteroatoms. The number of piperidine rings is 1. The number of halogens is 1. The minimum absolute atomic E-state index is 0.0882. The molecule has 1 heterocycles. The zero-order valence-corrected chi connectivity index (χ0v) is 16.2. The molecule has 1 aliphatic carbocycles. The Balaban J connectivity index is 1.40. The Morgan fingerprint density at radius 2 is 1.62 bits per heavy atom. The molecule has 2 aromatic rings. The molecular weight excluding hydrogens is 371 g/mol. The summed E-state index contributed by atoms with van der Waals surface area (Å²) in [4.78, 5) is 27.9. The van der Waals surface area contributed by atoms with Crippen LogP contribution >= 0.6 is 0 Å². The van der Waals surface area contributed by atoms with E-state index in [0.29, 0.717) is 30.7 Å². The maximum atomic E-state index is 13.3. The Labute approximate surface area is 170 Å². The average Bonchev–Trinajstić information content (AvgIpc) is 3.59. The Morgan fingerprint density at radius 1 is 1.00 bits per heavy atom. The summed E-state index contributed by atoms with van der Waals surface area (Å²) in [6.07, 6.45) is 4.38. The molecule has 0 spiro atoms. The first-order valence-electron chi connectivity index (χ1n) is 10.2. The van der Waals surface area contributed by atoms with E-state index in [4.69, 9.17) is 4.74 Å². The number of hydrogen-bond acceptors (Lipinski definition) is 3. The van der Waals surface area contributed by atoms with Crippen molar-refractivity contribution in [3.8, 4) is 5.75 Å². The fourth-order valence-electron chi connectivity index (χ4n) is 4.27. The third-order valence-electron chi connectivity index (χ3n) is 5.89. The second-order valence-corrected chi connectivity index (χ2v) is 7.82. The number of carbonyl (C=O) groups excluding carboxylic acids is 2. The lowest BCUT2D eigenvalue weighted by Gasteiger charge is -2.40. The highest BCUT2D eigenvalue weighted by molar-refractivity contribution is 5.76. The fourth-order valence-corrected chi connectivity index (χ4v) is 4.27. The van der Waals surface area contributed by atoms with Gasteiger partial charge >= 0.3 is 6.09 Å². The van der Waals surface area contributed by atoms with E-state index in [2.05, 4.69) is 0 Å². The van der Waals surface area contributed by atoms with Crippen molar-refractivity contribution in [2.75, 3.05) is 18.0 Å². The first-order valence-corrected chi connectivity index (χ1v) is 10.2. The van der Waals surface area contributed by atoms with Gasteiger partial charge in [0.2, 0.25) is 6.41 Å². The van der Waals surface area contributed by atoms with E-state index in [1.54, 1.807) is 34.1 Å². The highest BCUT2D eigenvalue weighted by Crippen LogP contribution is 2.42. The zero-order chi connectivity index (χ0) is 20.2. The minimum Gasteiger partial charge on any atom is -0.410 e. The molecular formula is C23H25FN2O3. The van der Waals surface area contributed by atoms with Crippen LogP contribution < -0.4 is 9.64 Å². The Hall–Kier alpha value is -2.89. The molecule has 1 aliphatic heterocycles. The molecule has 1 atom stereocenters. The Morgan fingerprint density at radius 3 is 2.21 bits per heavy atom. The maximum Gasteiger partial charge on any atom is 0.415 e. The first-order chi connectivity index (χ1) is 14.2. The van der Waals surface area contributed by atoms with Crippen LogP contribution in [-0.4, -0.2) is 36.5 Å². The quantitative estimate of drug-likeness (QED) is 0.677. The van der Waals surface area contributed by atoms with Crippen molar-refractivity contribution < 1.29 is 18.7 Å². The van der Waals surface area contributed by atoms with Crippen molar-refractivity contribution in [2.24, 2.45) is 11.8 Å². The topological polar surface area (TPSA) is 49.9 Å². The van der Waals surface area contributed by atoms with E-state index in [1.165, 1.54) is 12.1 Å². The van der Waals surface area contributed by atoms with Crippen LogP contribution in [0.1, 0.15) is 25.7 Å². The van der Waals surface area contributed by atoms with Crippen LogP contribution in [0.3, 0.4) is 0 Å². The van der Waals surface area contributed by atoms with Crippen molar-refractivity contribution in [2.45, 2.75) is 31.7 Å². The van der Waals surface area contributed by atoms with Gasteiger partial charge in [-0.2, -0.15) is 0 Å². The van der Waals surface area contributed by atoms with Crippen molar-refractivity contribution in [1.29, 1.82) is 0 Å². The smallest absolute Gasteiger partial charge is 0.410 e. The molecule has 2 aliphatic rings. The van der Waals surface area contributed by atoms with Crippen molar-refractivity contribution in [3.05, 3.63) is 60.4 Å². The molecule has 5 nitrogen and oxygen atoms in total. The summed E-state index contributed by atoms with van der Waals surface area (Å²) in [6, 6.07) is 15.2. The monoisotopic (exact) mass is 396 g/mol. The lowest BCUT2D eigenvalue weighted by Crippen LogP contribution is -2.48. The molecule has 2 amide bonds. The number of ether oxygens (including phenoxy) is 1.